The summed E-state index contributed by atoms with van der Waals surface area (Å²) in [4.78, 5) is 12.8. The molecular weight excluding hydrogens is 246 g/mol. The molecule has 0 aliphatic heterocycles. The van der Waals surface area contributed by atoms with Crippen molar-refractivity contribution in [2.45, 2.75) is 38.0 Å². The Balaban J connectivity index is 2.29. The minimum Gasteiger partial charge on any atom is -0.358 e. The van der Waals surface area contributed by atoms with Crippen LogP contribution in [0.1, 0.15) is 43.7 Å². The second-order valence-corrected chi connectivity index (χ2v) is 5.59. The Labute approximate surface area is 120 Å². The molecule has 1 aromatic carbocycles. The second kappa shape index (κ2) is 4.93. The van der Waals surface area contributed by atoms with Gasteiger partial charge >= 0.3 is 0 Å². The van der Waals surface area contributed by atoms with Gasteiger partial charge in [0.15, 0.2) is 0 Å². The molecule has 1 amide bonds. The number of hydrogen-bond donors (Lipinski definition) is 1. The molecular formula is C18H21NO. The minimum atomic E-state index is -0.480. The van der Waals surface area contributed by atoms with E-state index in [1.807, 2.05) is 6.07 Å². The third kappa shape index (κ3) is 1.60. The minimum absolute atomic E-state index is 0.128. The number of amides is 1. The Morgan fingerprint density at radius 3 is 2.75 bits per heavy atom. The van der Waals surface area contributed by atoms with Crippen molar-refractivity contribution in [1.82, 2.24) is 5.32 Å². The van der Waals surface area contributed by atoms with Crippen LogP contribution in [0.15, 0.2) is 42.0 Å². The lowest BCUT2D eigenvalue weighted by molar-refractivity contribution is -0.125. The molecule has 0 fully saturated rings. The zero-order valence-corrected chi connectivity index (χ0v) is 12.2. The maximum Gasteiger partial charge on any atom is 0.234 e. The Morgan fingerprint density at radius 1 is 1.25 bits per heavy atom. The van der Waals surface area contributed by atoms with Crippen LogP contribution >= 0.6 is 0 Å². The van der Waals surface area contributed by atoms with Gasteiger partial charge < -0.3 is 5.32 Å². The molecule has 2 heteroatoms. The quantitative estimate of drug-likeness (QED) is 0.891. The highest BCUT2D eigenvalue weighted by Gasteiger charge is 2.50. The van der Waals surface area contributed by atoms with E-state index in [9.17, 15) is 4.79 Å². The summed E-state index contributed by atoms with van der Waals surface area (Å²) in [7, 11) is 1.74. The number of allylic oxidation sites excluding steroid dienone is 3. The third-order valence-electron chi connectivity index (χ3n) is 4.53. The van der Waals surface area contributed by atoms with Crippen molar-refractivity contribution >= 4 is 11.5 Å². The number of likely N-dealkylation sites (N-methyl/N-ethyl adjacent to an activating group) is 1. The predicted octanol–water partition coefficient (Wildman–Crippen LogP) is 3.59. The largest absolute Gasteiger partial charge is 0.358 e. The van der Waals surface area contributed by atoms with Gasteiger partial charge in [0.25, 0.3) is 0 Å². The first-order valence-electron chi connectivity index (χ1n) is 7.49. The summed E-state index contributed by atoms with van der Waals surface area (Å²) < 4.78 is 0. The van der Waals surface area contributed by atoms with Crippen LogP contribution in [0.3, 0.4) is 0 Å². The van der Waals surface area contributed by atoms with Crippen LogP contribution in [-0.2, 0) is 10.2 Å². The summed E-state index contributed by atoms with van der Waals surface area (Å²) in [6, 6.07) is 8.39. The highest BCUT2D eigenvalue weighted by molar-refractivity contribution is 6.05. The summed E-state index contributed by atoms with van der Waals surface area (Å²) in [5.41, 5.74) is 4.46. The number of carbonyl (C=O) groups is 1. The molecule has 0 aromatic heterocycles. The summed E-state index contributed by atoms with van der Waals surface area (Å²) in [5, 5.41) is 2.90. The molecule has 104 valence electrons. The van der Waals surface area contributed by atoms with E-state index in [-0.39, 0.29) is 5.91 Å². The molecule has 0 saturated heterocycles. The van der Waals surface area contributed by atoms with Crippen LogP contribution in [0.25, 0.3) is 5.57 Å². The maximum absolute atomic E-state index is 12.8. The summed E-state index contributed by atoms with van der Waals surface area (Å²) >= 11 is 0. The van der Waals surface area contributed by atoms with Gasteiger partial charge in [-0.05, 0) is 41.5 Å². The molecule has 2 aliphatic carbocycles. The van der Waals surface area contributed by atoms with E-state index in [1.165, 1.54) is 22.3 Å². The standard InChI is InChI=1S/C18H21NO/c1-3-12-18(17(20)19-2)15-10-6-4-8-13(15)14-9-5-7-11-16(14)18/h4,6,8-11H,3,5,7,12H2,1-2H3,(H,19,20). The van der Waals surface area contributed by atoms with Crippen LogP contribution in [0.2, 0.25) is 0 Å². The molecule has 0 spiro atoms. The lowest BCUT2D eigenvalue weighted by atomic mass is 9.72. The first-order valence-corrected chi connectivity index (χ1v) is 7.49. The highest BCUT2D eigenvalue weighted by atomic mass is 16.2. The Hall–Kier alpha value is -1.83. The average Bonchev–Trinajstić information content (AvgIpc) is 2.79. The van der Waals surface area contributed by atoms with Crippen molar-refractivity contribution in [3.8, 4) is 0 Å². The lowest BCUT2D eigenvalue weighted by Crippen LogP contribution is -2.42. The smallest absolute Gasteiger partial charge is 0.234 e. The highest BCUT2D eigenvalue weighted by Crippen LogP contribution is 2.53. The normalized spacial score (nSPS) is 23.5. The van der Waals surface area contributed by atoms with Crippen LogP contribution in [0, 0.1) is 0 Å². The van der Waals surface area contributed by atoms with E-state index in [4.69, 9.17) is 0 Å². The number of rotatable bonds is 3. The van der Waals surface area contributed by atoms with Crippen LogP contribution in [-0.4, -0.2) is 13.0 Å². The SMILES string of the molecule is CCCC1(C(=O)NC)C2=CCCC=C2c2ccccc21. The number of benzene rings is 1. The van der Waals surface area contributed by atoms with E-state index >= 15 is 0 Å². The maximum atomic E-state index is 12.8. The van der Waals surface area contributed by atoms with E-state index in [0.29, 0.717) is 0 Å². The molecule has 0 saturated carbocycles. The fourth-order valence-electron chi connectivity index (χ4n) is 3.79. The van der Waals surface area contributed by atoms with Crippen molar-refractivity contribution in [2.75, 3.05) is 7.05 Å². The lowest BCUT2D eigenvalue weighted by Gasteiger charge is -2.31. The van der Waals surface area contributed by atoms with Crippen LogP contribution in [0.5, 0.6) is 0 Å². The molecule has 3 rings (SSSR count). The number of hydrogen-bond acceptors (Lipinski definition) is 1. The zero-order chi connectivity index (χ0) is 14.2. The first-order chi connectivity index (χ1) is 9.75. The van der Waals surface area contributed by atoms with Gasteiger partial charge in [-0.1, -0.05) is 49.8 Å². The fraction of sp³-hybridized carbons (Fsp3) is 0.389. The van der Waals surface area contributed by atoms with Crippen molar-refractivity contribution in [2.24, 2.45) is 0 Å². The van der Waals surface area contributed by atoms with Gasteiger partial charge in [0.1, 0.15) is 0 Å². The molecule has 1 N–H and O–H groups in total. The van der Waals surface area contributed by atoms with Crippen LogP contribution < -0.4 is 5.32 Å². The van der Waals surface area contributed by atoms with Crippen molar-refractivity contribution in [3.05, 3.63) is 53.1 Å². The summed E-state index contributed by atoms with van der Waals surface area (Å²) in [5.74, 6) is 0.128. The summed E-state index contributed by atoms with van der Waals surface area (Å²) in [6.45, 7) is 2.15. The molecule has 0 bridgehead atoms. The van der Waals surface area contributed by atoms with Gasteiger partial charge in [-0.25, -0.2) is 0 Å². The van der Waals surface area contributed by atoms with E-state index < -0.39 is 5.41 Å². The van der Waals surface area contributed by atoms with Crippen molar-refractivity contribution in [1.29, 1.82) is 0 Å². The molecule has 0 heterocycles. The number of carbonyl (C=O) groups excluding carboxylic acids is 1. The molecule has 0 radical (unpaired) electrons. The Bertz CT molecular complexity index is 612. The van der Waals surface area contributed by atoms with Gasteiger partial charge in [0.05, 0.1) is 5.41 Å². The third-order valence-corrected chi connectivity index (χ3v) is 4.53. The molecule has 2 nitrogen and oxygen atoms in total. The van der Waals surface area contributed by atoms with E-state index in [2.05, 4.69) is 42.6 Å². The molecule has 1 atom stereocenters. The number of fused-ring (bicyclic) bond motifs is 3. The van der Waals surface area contributed by atoms with Crippen molar-refractivity contribution in [3.63, 3.8) is 0 Å². The van der Waals surface area contributed by atoms with Crippen LogP contribution in [0.4, 0.5) is 0 Å². The zero-order valence-electron chi connectivity index (χ0n) is 12.2. The van der Waals surface area contributed by atoms with Crippen molar-refractivity contribution < 1.29 is 4.79 Å². The van der Waals surface area contributed by atoms with Gasteiger partial charge in [0.2, 0.25) is 5.91 Å². The average molecular weight is 267 g/mol. The number of nitrogens with one attached hydrogen (secondary N) is 1. The summed E-state index contributed by atoms with van der Waals surface area (Å²) in [6.07, 6.45) is 8.55. The van der Waals surface area contributed by atoms with E-state index in [0.717, 1.165) is 25.7 Å². The molecule has 1 unspecified atom stereocenters. The van der Waals surface area contributed by atoms with Gasteiger partial charge in [-0.15, -0.1) is 0 Å². The van der Waals surface area contributed by atoms with Gasteiger partial charge in [-0.3, -0.25) is 4.79 Å². The van der Waals surface area contributed by atoms with Gasteiger partial charge in [-0.2, -0.15) is 0 Å². The Morgan fingerprint density at radius 2 is 2.00 bits per heavy atom. The van der Waals surface area contributed by atoms with Gasteiger partial charge in [0, 0.05) is 7.05 Å². The Kier molecular flexibility index (Phi) is 3.25. The predicted molar refractivity (Wildman–Crippen MR) is 82.4 cm³/mol. The monoisotopic (exact) mass is 267 g/mol. The molecule has 1 aromatic rings. The molecule has 20 heavy (non-hydrogen) atoms. The van der Waals surface area contributed by atoms with E-state index in [1.54, 1.807) is 7.05 Å². The topological polar surface area (TPSA) is 29.1 Å². The second-order valence-electron chi connectivity index (χ2n) is 5.59. The first kappa shape index (κ1) is 13.2. The fourth-order valence-corrected chi connectivity index (χ4v) is 3.79. The molecule has 2 aliphatic rings.